The molecule has 3 rings (SSSR count). The molecule has 0 aliphatic rings. The summed E-state index contributed by atoms with van der Waals surface area (Å²) in [5.74, 6) is 0. The highest BCUT2D eigenvalue weighted by molar-refractivity contribution is 7.93. The smallest absolute Gasteiger partial charge is 0.265 e. The third-order valence-electron chi connectivity index (χ3n) is 4.14. The molecule has 0 amide bonds. The molecule has 146 valence electrons. The van der Waals surface area contributed by atoms with Gasteiger partial charge in [0.2, 0.25) is 0 Å². The molecule has 0 atom stereocenters. The number of anilines is 1. The molecule has 6 nitrogen and oxygen atoms in total. The third-order valence-corrected chi connectivity index (χ3v) is 7.52. The standard InChI is InChI=1S/C19H17ClN2O4S2/c1-22(15-7-5-6-14(12-15)18-8-3-4-11-21-18)28(25,26)19-10-9-16(13-17(19)20)27(2,23)24/h3-13H,1-2H3. The van der Waals surface area contributed by atoms with Gasteiger partial charge in [0, 0.05) is 25.1 Å². The second-order valence-electron chi connectivity index (χ2n) is 6.10. The Bertz CT molecular complexity index is 1230. The van der Waals surface area contributed by atoms with E-state index in [0.29, 0.717) is 11.4 Å². The molecular formula is C19H17ClN2O4S2. The monoisotopic (exact) mass is 436 g/mol. The van der Waals surface area contributed by atoms with Gasteiger partial charge in [-0.25, -0.2) is 16.8 Å². The number of hydrogen-bond acceptors (Lipinski definition) is 5. The zero-order valence-corrected chi connectivity index (χ0v) is 17.5. The zero-order chi connectivity index (χ0) is 20.5. The fourth-order valence-corrected chi connectivity index (χ4v) is 5.02. The van der Waals surface area contributed by atoms with Gasteiger partial charge in [0.25, 0.3) is 10.0 Å². The third kappa shape index (κ3) is 4.04. The van der Waals surface area contributed by atoms with E-state index in [2.05, 4.69) is 4.98 Å². The first-order valence-corrected chi connectivity index (χ1v) is 11.8. The largest absolute Gasteiger partial charge is 0.269 e. The fourth-order valence-electron chi connectivity index (χ4n) is 2.60. The quantitative estimate of drug-likeness (QED) is 0.609. The Morgan fingerprint density at radius 1 is 0.929 bits per heavy atom. The van der Waals surface area contributed by atoms with Gasteiger partial charge in [-0.2, -0.15) is 0 Å². The van der Waals surface area contributed by atoms with E-state index in [-0.39, 0.29) is 14.8 Å². The van der Waals surface area contributed by atoms with Gasteiger partial charge in [0.05, 0.1) is 21.3 Å². The van der Waals surface area contributed by atoms with Crippen molar-refractivity contribution in [2.24, 2.45) is 0 Å². The van der Waals surface area contributed by atoms with Gasteiger partial charge in [-0.1, -0.05) is 29.8 Å². The molecule has 0 unspecified atom stereocenters. The molecule has 0 bridgehead atoms. The van der Waals surface area contributed by atoms with Crippen LogP contribution >= 0.6 is 11.6 Å². The molecule has 0 saturated heterocycles. The molecule has 1 aromatic heterocycles. The van der Waals surface area contributed by atoms with Gasteiger partial charge in [0.15, 0.2) is 9.84 Å². The first-order valence-electron chi connectivity index (χ1n) is 8.11. The molecule has 3 aromatic rings. The highest BCUT2D eigenvalue weighted by Crippen LogP contribution is 2.31. The Labute approximate surface area is 169 Å². The van der Waals surface area contributed by atoms with E-state index in [9.17, 15) is 16.8 Å². The van der Waals surface area contributed by atoms with Gasteiger partial charge in [-0.3, -0.25) is 9.29 Å². The molecule has 9 heteroatoms. The van der Waals surface area contributed by atoms with E-state index in [1.54, 1.807) is 30.5 Å². The number of benzene rings is 2. The van der Waals surface area contributed by atoms with Crippen molar-refractivity contribution in [1.29, 1.82) is 0 Å². The normalized spacial score (nSPS) is 12.0. The van der Waals surface area contributed by atoms with Crippen LogP contribution in [0, 0.1) is 0 Å². The Morgan fingerprint density at radius 2 is 1.68 bits per heavy atom. The van der Waals surface area contributed by atoms with Crippen LogP contribution in [-0.4, -0.2) is 35.1 Å². The minimum Gasteiger partial charge on any atom is -0.269 e. The van der Waals surface area contributed by atoms with Crippen molar-refractivity contribution >= 4 is 37.1 Å². The van der Waals surface area contributed by atoms with Crippen LogP contribution in [0.1, 0.15) is 0 Å². The Hall–Kier alpha value is -2.42. The van der Waals surface area contributed by atoms with Crippen LogP contribution in [0.5, 0.6) is 0 Å². The summed E-state index contributed by atoms with van der Waals surface area (Å²) >= 11 is 6.10. The van der Waals surface area contributed by atoms with Gasteiger partial charge >= 0.3 is 0 Å². The van der Waals surface area contributed by atoms with Crippen molar-refractivity contribution in [2.45, 2.75) is 9.79 Å². The molecule has 0 fully saturated rings. The van der Waals surface area contributed by atoms with E-state index in [4.69, 9.17) is 11.6 Å². The van der Waals surface area contributed by atoms with E-state index in [0.717, 1.165) is 22.2 Å². The lowest BCUT2D eigenvalue weighted by Crippen LogP contribution is -2.27. The Balaban J connectivity index is 2.02. The van der Waals surface area contributed by atoms with Crippen LogP contribution in [0.3, 0.4) is 0 Å². The minimum absolute atomic E-state index is 0.0451. The molecule has 0 saturated carbocycles. The predicted octanol–water partition coefficient (Wildman–Crippen LogP) is 3.63. The number of nitrogens with zero attached hydrogens (tertiary/aromatic N) is 2. The van der Waals surface area contributed by atoms with Crippen LogP contribution in [0.25, 0.3) is 11.3 Å². The summed E-state index contributed by atoms with van der Waals surface area (Å²) in [6.45, 7) is 0. The molecule has 0 spiro atoms. The number of pyridine rings is 1. The SMILES string of the molecule is CN(c1cccc(-c2ccccn2)c1)S(=O)(=O)c1ccc(S(C)(=O)=O)cc1Cl. The molecule has 2 aromatic carbocycles. The molecule has 0 aliphatic heterocycles. The second kappa shape index (κ2) is 7.54. The summed E-state index contributed by atoms with van der Waals surface area (Å²) in [5, 5.41) is -0.157. The number of aromatic nitrogens is 1. The molecule has 28 heavy (non-hydrogen) atoms. The maximum Gasteiger partial charge on any atom is 0.265 e. The highest BCUT2D eigenvalue weighted by atomic mass is 35.5. The fraction of sp³-hybridized carbons (Fsp3) is 0.105. The van der Waals surface area contributed by atoms with E-state index >= 15 is 0 Å². The average Bonchev–Trinajstić information content (AvgIpc) is 2.67. The summed E-state index contributed by atoms with van der Waals surface area (Å²) in [4.78, 5) is 4.05. The van der Waals surface area contributed by atoms with E-state index in [1.807, 2.05) is 18.2 Å². The molecule has 0 radical (unpaired) electrons. The summed E-state index contributed by atoms with van der Waals surface area (Å²) in [7, 11) is -6.08. The summed E-state index contributed by atoms with van der Waals surface area (Å²) in [5.41, 5.74) is 1.90. The highest BCUT2D eigenvalue weighted by Gasteiger charge is 2.25. The molecule has 0 N–H and O–H groups in total. The second-order valence-corrected chi connectivity index (χ2v) is 10.5. The maximum absolute atomic E-state index is 13.0. The number of sulfonamides is 1. The Morgan fingerprint density at radius 3 is 2.29 bits per heavy atom. The topological polar surface area (TPSA) is 84.4 Å². The van der Waals surface area contributed by atoms with Crippen molar-refractivity contribution in [2.75, 3.05) is 17.6 Å². The van der Waals surface area contributed by atoms with E-state index in [1.165, 1.54) is 19.2 Å². The number of sulfone groups is 1. The van der Waals surface area contributed by atoms with Crippen LogP contribution in [-0.2, 0) is 19.9 Å². The van der Waals surface area contributed by atoms with Gasteiger partial charge in [-0.15, -0.1) is 0 Å². The lowest BCUT2D eigenvalue weighted by Gasteiger charge is -2.21. The maximum atomic E-state index is 13.0. The van der Waals surface area contributed by atoms with Crippen LogP contribution < -0.4 is 4.31 Å². The van der Waals surface area contributed by atoms with Crippen LogP contribution in [0.15, 0.2) is 76.7 Å². The van der Waals surface area contributed by atoms with Crippen molar-refractivity contribution in [3.05, 3.63) is 71.9 Å². The van der Waals surface area contributed by atoms with Gasteiger partial charge in [-0.05, 0) is 42.5 Å². The minimum atomic E-state index is -4.00. The predicted molar refractivity (Wildman–Crippen MR) is 110 cm³/mol. The molecule has 0 aliphatic carbocycles. The van der Waals surface area contributed by atoms with Gasteiger partial charge < -0.3 is 0 Å². The van der Waals surface area contributed by atoms with Crippen molar-refractivity contribution < 1.29 is 16.8 Å². The number of halogens is 1. The van der Waals surface area contributed by atoms with Crippen LogP contribution in [0.4, 0.5) is 5.69 Å². The summed E-state index contributed by atoms with van der Waals surface area (Å²) in [6.07, 6.45) is 2.69. The zero-order valence-electron chi connectivity index (χ0n) is 15.1. The number of hydrogen-bond donors (Lipinski definition) is 0. The first-order chi connectivity index (χ1) is 13.1. The molecular weight excluding hydrogens is 420 g/mol. The van der Waals surface area contributed by atoms with Gasteiger partial charge in [0.1, 0.15) is 4.90 Å². The lowest BCUT2D eigenvalue weighted by atomic mass is 10.1. The van der Waals surface area contributed by atoms with Crippen molar-refractivity contribution in [3.63, 3.8) is 0 Å². The lowest BCUT2D eigenvalue weighted by molar-refractivity contribution is 0.593. The van der Waals surface area contributed by atoms with Crippen molar-refractivity contribution in [3.8, 4) is 11.3 Å². The summed E-state index contributed by atoms with van der Waals surface area (Å²) in [6, 6.07) is 16.0. The summed E-state index contributed by atoms with van der Waals surface area (Å²) < 4.78 is 50.5. The Kier molecular flexibility index (Phi) is 5.47. The van der Waals surface area contributed by atoms with E-state index < -0.39 is 19.9 Å². The first kappa shape index (κ1) is 20.3. The van der Waals surface area contributed by atoms with Crippen LogP contribution in [0.2, 0.25) is 5.02 Å². The average molecular weight is 437 g/mol. The number of rotatable bonds is 5. The van der Waals surface area contributed by atoms with Crippen molar-refractivity contribution in [1.82, 2.24) is 4.98 Å². The molecule has 1 heterocycles.